The molecule has 0 saturated carbocycles. The monoisotopic (exact) mass is 243 g/mol. The van der Waals surface area contributed by atoms with Crippen LogP contribution in [0.4, 0.5) is 4.79 Å². The number of rotatable bonds is 0. The molecular weight excluding hydrogens is 230 g/mol. The third kappa shape index (κ3) is 1.26. The van der Waals surface area contributed by atoms with Crippen LogP contribution in [0.25, 0.3) is 10.9 Å². The number of nitrogens with zero attached hydrogens (tertiary/aromatic N) is 1. The molecule has 1 aromatic heterocycles. The minimum Gasteiger partial charge on any atom is -0.452 e. The van der Waals surface area contributed by atoms with Crippen LogP contribution in [-0.2, 0) is 4.74 Å². The Balaban J connectivity index is 2.44. The van der Waals surface area contributed by atoms with Gasteiger partial charge in [0.2, 0.25) is 0 Å². The average molecular weight is 243 g/mol. The molecule has 1 aliphatic rings. The van der Waals surface area contributed by atoms with E-state index in [1.54, 1.807) is 0 Å². The highest BCUT2D eigenvalue weighted by atomic mass is 16.5. The molecule has 1 atom stereocenters. The maximum absolute atomic E-state index is 12.0. The van der Waals surface area contributed by atoms with Gasteiger partial charge < -0.3 is 4.74 Å². The number of ether oxygens (including phenoxy) is 1. The summed E-state index contributed by atoms with van der Waals surface area (Å²) in [6.07, 6.45) is 0.0287. The number of aromatic nitrogens is 1. The third-order valence-corrected chi connectivity index (χ3v) is 3.51. The van der Waals surface area contributed by atoms with E-state index in [1.165, 1.54) is 11.7 Å². The second-order valence-corrected chi connectivity index (χ2v) is 4.61. The van der Waals surface area contributed by atoms with Crippen molar-refractivity contribution in [3.8, 4) is 0 Å². The molecule has 1 unspecified atom stereocenters. The van der Waals surface area contributed by atoms with E-state index in [-0.39, 0.29) is 11.7 Å². The van der Waals surface area contributed by atoms with Gasteiger partial charge in [0.1, 0.15) is 0 Å². The zero-order chi connectivity index (χ0) is 12.9. The van der Waals surface area contributed by atoms with Crippen LogP contribution >= 0.6 is 0 Å². The molecule has 0 bridgehead atoms. The molecule has 4 heteroatoms. The Hall–Kier alpha value is -2.10. The lowest BCUT2D eigenvalue weighted by Gasteiger charge is -2.09. The summed E-state index contributed by atoms with van der Waals surface area (Å²) in [5.41, 5.74) is 2.21. The van der Waals surface area contributed by atoms with Crippen LogP contribution in [0.3, 0.4) is 0 Å². The van der Waals surface area contributed by atoms with Crippen LogP contribution in [0.1, 0.15) is 35.3 Å². The van der Waals surface area contributed by atoms with Gasteiger partial charge in [0.05, 0.1) is 12.6 Å². The van der Waals surface area contributed by atoms with Gasteiger partial charge in [-0.15, -0.1) is 0 Å². The second kappa shape index (κ2) is 3.70. The molecule has 1 aromatic carbocycles. The first-order valence-corrected chi connectivity index (χ1v) is 5.90. The molecule has 0 fully saturated rings. The van der Waals surface area contributed by atoms with Gasteiger partial charge in [-0.1, -0.05) is 25.1 Å². The van der Waals surface area contributed by atoms with Crippen LogP contribution in [0.5, 0.6) is 0 Å². The first-order chi connectivity index (χ1) is 8.65. The predicted molar refractivity (Wildman–Crippen MR) is 67.1 cm³/mol. The summed E-state index contributed by atoms with van der Waals surface area (Å²) in [6.45, 7) is 1.96. The van der Waals surface area contributed by atoms with E-state index in [0.29, 0.717) is 12.0 Å². The third-order valence-electron chi connectivity index (χ3n) is 3.51. The van der Waals surface area contributed by atoms with Gasteiger partial charge >= 0.3 is 6.09 Å². The molecule has 0 saturated heterocycles. The Kier molecular flexibility index (Phi) is 2.26. The average Bonchev–Trinajstić information content (AvgIpc) is 2.86. The fraction of sp³-hybridized carbons (Fsp3) is 0.286. The van der Waals surface area contributed by atoms with Crippen LogP contribution < -0.4 is 0 Å². The summed E-state index contributed by atoms with van der Waals surface area (Å²) in [7, 11) is 1.35. The van der Waals surface area contributed by atoms with Crippen LogP contribution in [0.2, 0.25) is 0 Å². The Bertz CT molecular complexity index is 669. The molecule has 18 heavy (non-hydrogen) atoms. The number of hydrogen-bond acceptors (Lipinski definition) is 3. The largest absolute Gasteiger partial charge is 0.452 e. The Morgan fingerprint density at radius 3 is 2.83 bits per heavy atom. The van der Waals surface area contributed by atoms with Gasteiger partial charge in [-0.3, -0.25) is 4.79 Å². The van der Waals surface area contributed by atoms with E-state index < -0.39 is 6.09 Å². The fourth-order valence-corrected chi connectivity index (χ4v) is 2.78. The lowest BCUT2D eigenvalue weighted by Crippen LogP contribution is -2.14. The van der Waals surface area contributed by atoms with Crippen molar-refractivity contribution in [1.29, 1.82) is 0 Å². The molecule has 4 nitrogen and oxygen atoms in total. The van der Waals surface area contributed by atoms with Crippen molar-refractivity contribution in [2.24, 2.45) is 0 Å². The lowest BCUT2D eigenvalue weighted by molar-refractivity contribution is 0.0991. The molecule has 0 radical (unpaired) electrons. The first kappa shape index (κ1) is 11.0. The number of para-hydroxylation sites is 1. The predicted octanol–water partition coefficient (Wildman–Crippen LogP) is 2.95. The first-order valence-electron chi connectivity index (χ1n) is 5.90. The van der Waals surface area contributed by atoms with Crippen molar-refractivity contribution in [1.82, 2.24) is 4.57 Å². The van der Waals surface area contributed by atoms with Crippen molar-refractivity contribution in [2.45, 2.75) is 19.3 Å². The van der Waals surface area contributed by atoms with Crippen LogP contribution in [0, 0.1) is 0 Å². The van der Waals surface area contributed by atoms with Gasteiger partial charge in [0, 0.05) is 29.0 Å². The molecule has 2 aromatic rings. The number of Topliss-reactive ketones (excluding diaryl/α,β-unsaturated/α-hetero) is 1. The highest BCUT2D eigenvalue weighted by molar-refractivity contribution is 6.14. The summed E-state index contributed by atoms with van der Waals surface area (Å²) >= 11 is 0. The van der Waals surface area contributed by atoms with Gasteiger partial charge in [-0.2, -0.15) is 0 Å². The van der Waals surface area contributed by atoms with Crippen molar-refractivity contribution in [3.05, 3.63) is 35.5 Å². The number of hydrogen-bond donors (Lipinski definition) is 0. The Morgan fingerprint density at radius 1 is 1.39 bits per heavy atom. The zero-order valence-electron chi connectivity index (χ0n) is 10.3. The molecule has 0 N–H and O–H groups in total. The van der Waals surface area contributed by atoms with Gasteiger partial charge in [-0.25, -0.2) is 9.36 Å². The van der Waals surface area contributed by atoms with E-state index >= 15 is 0 Å². The summed E-state index contributed by atoms with van der Waals surface area (Å²) < 4.78 is 6.35. The fourth-order valence-electron chi connectivity index (χ4n) is 2.78. The summed E-state index contributed by atoms with van der Waals surface area (Å²) in [6, 6.07) is 7.45. The van der Waals surface area contributed by atoms with E-state index in [1.807, 2.05) is 31.2 Å². The molecule has 3 rings (SSSR count). The van der Waals surface area contributed by atoms with Crippen LogP contribution in [-0.4, -0.2) is 23.6 Å². The maximum atomic E-state index is 12.0. The minimum atomic E-state index is -0.436. The second-order valence-electron chi connectivity index (χ2n) is 4.61. The highest BCUT2D eigenvalue weighted by Gasteiger charge is 2.35. The van der Waals surface area contributed by atoms with Crippen molar-refractivity contribution < 1.29 is 14.3 Å². The van der Waals surface area contributed by atoms with Crippen molar-refractivity contribution in [2.75, 3.05) is 7.11 Å². The summed E-state index contributed by atoms with van der Waals surface area (Å²) in [5, 5.41) is 0.840. The number of carbonyl (C=O) groups is 2. The molecule has 1 heterocycles. The minimum absolute atomic E-state index is 0.0546. The summed E-state index contributed by atoms with van der Waals surface area (Å²) in [4.78, 5) is 24.0. The SMILES string of the molecule is COC(=O)n1c2c(c3ccccc31)C(=O)CC2C. The molecule has 92 valence electrons. The summed E-state index contributed by atoms with van der Waals surface area (Å²) in [5.74, 6) is 0.162. The van der Waals surface area contributed by atoms with Crippen LogP contribution in [0.15, 0.2) is 24.3 Å². The molecule has 0 spiro atoms. The van der Waals surface area contributed by atoms with Crippen molar-refractivity contribution in [3.63, 3.8) is 0 Å². The Morgan fingerprint density at radius 2 is 2.11 bits per heavy atom. The lowest BCUT2D eigenvalue weighted by atomic mass is 10.1. The topological polar surface area (TPSA) is 48.3 Å². The Labute approximate surface area is 104 Å². The van der Waals surface area contributed by atoms with E-state index in [4.69, 9.17) is 4.74 Å². The number of carbonyl (C=O) groups excluding carboxylic acids is 2. The molecule has 0 amide bonds. The smallest absolute Gasteiger partial charge is 0.418 e. The zero-order valence-corrected chi connectivity index (χ0v) is 10.3. The van der Waals surface area contributed by atoms with Gasteiger partial charge in [-0.05, 0) is 6.07 Å². The molecule has 0 aliphatic heterocycles. The van der Waals surface area contributed by atoms with E-state index in [0.717, 1.165) is 16.6 Å². The van der Waals surface area contributed by atoms with Gasteiger partial charge in [0.25, 0.3) is 0 Å². The number of benzene rings is 1. The van der Waals surface area contributed by atoms with E-state index in [2.05, 4.69) is 0 Å². The quantitative estimate of drug-likeness (QED) is 0.714. The molecule has 1 aliphatic carbocycles. The number of ketones is 1. The normalized spacial score (nSPS) is 18.1. The van der Waals surface area contributed by atoms with Crippen molar-refractivity contribution >= 4 is 22.8 Å². The molecular formula is C14H13NO3. The number of fused-ring (bicyclic) bond motifs is 3. The standard InChI is InChI=1S/C14H13NO3/c1-8-7-11(16)12-9-5-3-4-6-10(9)15(13(8)12)14(17)18-2/h3-6,8H,7H2,1-2H3. The highest BCUT2D eigenvalue weighted by Crippen LogP contribution is 2.39. The van der Waals surface area contributed by atoms with Gasteiger partial charge in [0.15, 0.2) is 5.78 Å². The maximum Gasteiger partial charge on any atom is 0.418 e. The van der Waals surface area contributed by atoms with E-state index in [9.17, 15) is 9.59 Å². The number of methoxy groups -OCH3 is 1.